The van der Waals surface area contributed by atoms with Gasteiger partial charge in [-0.05, 0) is 36.4 Å². The largest absolute Gasteiger partial charge is 0.380 e. The van der Waals surface area contributed by atoms with E-state index in [2.05, 4.69) is 21.2 Å². The Morgan fingerprint density at radius 1 is 1.30 bits per heavy atom. The Morgan fingerprint density at radius 3 is 2.75 bits per heavy atom. The Labute approximate surface area is 129 Å². The van der Waals surface area contributed by atoms with Crippen molar-refractivity contribution in [1.82, 2.24) is 0 Å². The number of carbonyl (C=O) groups excluding carboxylic acids is 1. The minimum atomic E-state index is -0.543. The lowest BCUT2D eigenvalue weighted by Crippen LogP contribution is -2.11. The van der Waals surface area contributed by atoms with Gasteiger partial charge in [-0.3, -0.25) is 4.79 Å². The smallest absolute Gasteiger partial charge is 0.248 e. The molecule has 2 aromatic rings. The second-order valence-corrected chi connectivity index (χ2v) is 5.47. The van der Waals surface area contributed by atoms with Gasteiger partial charge in [-0.1, -0.05) is 27.5 Å². The molecule has 20 heavy (non-hydrogen) atoms. The summed E-state index contributed by atoms with van der Waals surface area (Å²) in [6.45, 7) is 0.243. The zero-order valence-electron chi connectivity index (χ0n) is 10.3. The number of nitrogens with one attached hydrogen (secondary N) is 1. The molecule has 0 bridgehead atoms. The van der Waals surface area contributed by atoms with Crippen molar-refractivity contribution < 1.29 is 9.18 Å². The van der Waals surface area contributed by atoms with Crippen molar-refractivity contribution in [2.45, 2.75) is 6.54 Å². The van der Waals surface area contributed by atoms with Gasteiger partial charge in [-0.2, -0.15) is 0 Å². The molecular formula is C14H11BrClFN2O. The van der Waals surface area contributed by atoms with Crippen LogP contribution >= 0.6 is 27.5 Å². The van der Waals surface area contributed by atoms with E-state index in [-0.39, 0.29) is 12.4 Å². The van der Waals surface area contributed by atoms with Crippen molar-refractivity contribution in [3.8, 4) is 0 Å². The fourth-order valence-electron chi connectivity index (χ4n) is 1.68. The lowest BCUT2D eigenvalue weighted by molar-refractivity contribution is 0.100. The molecule has 0 unspecified atom stereocenters. The molecule has 3 nitrogen and oxygen atoms in total. The second kappa shape index (κ2) is 6.24. The maximum Gasteiger partial charge on any atom is 0.248 e. The van der Waals surface area contributed by atoms with Crippen LogP contribution in [0.25, 0.3) is 0 Å². The Kier molecular flexibility index (Phi) is 4.62. The number of amides is 1. The third-order valence-electron chi connectivity index (χ3n) is 2.73. The molecule has 0 spiro atoms. The number of hydrogen-bond acceptors (Lipinski definition) is 2. The van der Waals surface area contributed by atoms with E-state index >= 15 is 0 Å². The number of nitrogens with two attached hydrogens (primary N) is 1. The minimum absolute atomic E-state index is 0.243. The molecule has 0 heterocycles. The molecular weight excluding hydrogens is 347 g/mol. The first-order valence-electron chi connectivity index (χ1n) is 5.74. The van der Waals surface area contributed by atoms with Crippen molar-refractivity contribution in [1.29, 1.82) is 0 Å². The molecule has 0 aromatic heterocycles. The molecule has 0 fully saturated rings. The predicted octanol–water partition coefficient (Wildman–Crippen LogP) is 3.95. The normalized spacial score (nSPS) is 10.3. The van der Waals surface area contributed by atoms with Gasteiger partial charge < -0.3 is 11.1 Å². The standard InChI is InChI=1S/C14H11BrClFN2O/c15-10-2-4-12(17)9(5-10)7-19-13-6-8(14(18)20)1-3-11(13)16/h1-6,19H,7H2,(H2,18,20). The highest BCUT2D eigenvalue weighted by Crippen LogP contribution is 2.24. The van der Waals surface area contributed by atoms with E-state index in [0.717, 1.165) is 4.47 Å². The van der Waals surface area contributed by atoms with Crippen LogP contribution in [0.15, 0.2) is 40.9 Å². The van der Waals surface area contributed by atoms with Crippen LogP contribution in [0.5, 0.6) is 0 Å². The number of carbonyl (C=O) groups is 1. The summed E-state index contributed by atoms with van der Waals surface area (Å²) in [6.07, 6.45) is 0. The number of hydrogen-bond donors (Lipinski definition) is 2. The lowest BCUT2D eigenvalue weighted by Gasteiger charge is -2.10. The Morgan fingerprint density at radius 2 is 2.05 bits per heavy atom. The summed E-state index contributed by atoms with van der Waals surface area (Å²) in [5.74, 6) is -0.860. The van der Waals surface area contributed by atoms with E-state index in [9.17, 15) is 9.18 Å². The average Bonchev–Trinajstić information content (AvgIpc) is 2.41. The SMILES string of the molecule is NC(=O)c1ccc(Cl)c(NCc2cc(Br)ccc2F)c1. The summed E-state index contributed by atoms with van der Waals surface area (Å²) in [7, 11) is 0. The summed E-state index contributed by atoms with van der Waals surface area (Å²) >= 11 is 9.31. The summed E-state index contributed by atoms with van der Waals surface area (Å²) in [5.41, 5.74) is 6.56. The molecule has 0 aliphatic carbocycles. The lowest BCUT2D eigenvalue weighted by atomic mass is 10.1. The molecule has 0 saturated carbocycles. The number of rotatable bonds is 4. The maximum absolute atomic E-state index is 13.6. The quantitative estimate of drug-likeness (QED) is 0.870. The highest BCUT2D eigenvalue weighted by molar-refractivity contribution is 9.10. The molecule has 2 rings (SSSR count). The van der Waals surface area contributed by atoms with Crippen molar-refractivity contribution in [2.24, 2.45) is 5.73 Å². The van der Waals surface area contributed by atoms with Gasteiger partial charge in [0, 0.05) is 22.1 Å². The highest BCUT2D eigenvalue weighted by Gasteiger charge is 2.07. The van der Waals surface area contributed by atoms with Crippen LogP contribution in [0.2, 0.25) is 5.02 Å². The van der Waals surface area contributed by atoms with Crippen LogP contribution in [-0.4, -0.2) is 5.91 Å². The van der Waals surface area contributed by atoms with E-state index in [1.807, 2.05) is 0 Å². The number of halogens is 3. The van der Waals surface area contributed by atoms with E-state index in [1.165, 1.54) is 12.1 Å². The van der Waals surface area contributed by atoms with Crippen LogP contribution in [0.3, 0.4) is 0 Å². The molecule has 2 aromatic carbocycles. The third kappa shape index (κ3) is 3.49. The Hall–Kier alpha value is -1.59. The molecule has 3 N–H and O–H groups in total. The van der Waals surface area contributed by atoms with Crippen molar-refractivity contribution in [3.05, 3.63) is 62.8 Å². The van der Waals surface area contributed by atoms with Gasteiger partial charge >= 0.3 is 0 Å². The highest BCUT2D eigenvalue weighted by atomic mass is 79.9. The minimum Gasteiger partial charge on any atom is -0.380 e. The van der Waals surface area contributed by atoms with Gasteiger partial charge in [0.1, 0.15) is 5.82 Å². The van der Waals surface area contributed by atoms with E-state index in [0.29, 0.717) is 21.8 Å². The zero-order valence-corrected chi connectivity index (χ0v) is 12.6. The van der Waals surface area contributed by atoms with E-state index < -0.39 is 5.91 Å². The topological polar surface area (TPSA) is 55.1 Å². The number of benzene rings is 2. The first-order chi connectivity index (χ1) is 9.47. The Bertz CT molecular complexity index is 664. The van der Waals surface area contributed by atoms with Gasteiger partial charge in [0.25, 0.3) is 0 Å². The van der Waals surface area contributed by atoms with Crippen LogP contribution in [-0.2, 0) is 6.54 Å². The van der Waals surface area contributed by atoms with Gasteiger partial charge in [0.15, 0.2) is 0 Å². The van der Waals surface area contributed by atoms with Gasteiger partial charge in [-0.15, -0.1) is 0 Å². The van der Waals surface area contributed by atoms with Gasteiger partial charge in [0.2, 0.25) is 5.91 Å². The fraction of sp³-hybridized carbons (Fsp3) is 0.0714. The molecule has 0 saturated heterocycles. The molecule has 1 amide bonds. The van der Waals surface area contributed by atoms with Gasteiger partial charge in [-0.25, -0.2) is 4.39 Å². The molecule has 0 radical (unpaired) electrons. The average molecular weight is 358 g/mol. The summed E-state index contributed by atoms with van der Waals surface area (Å²) < 4.78 is 14.4. The molecule has 0 atom stereocenters. The first kappa shape index (κ1) is 14.8. The van der Waals surface area contributed by atoms with Crippen molar-refractivity contribution >= 4 is 39.1 Å². The van der Waals surface area contributed by atoms with Crippen LogP contribution < -0.4 is 11.1 Å². The Balaban J connectivity index is 2.20. The summed E-state index contributed by atoms with van der Waals surface area (Å²) in [6, 6.07) is 9.33. The predicted molar refractivity (Wildman–Crippen MR) is 81.4 cm³/mol. The van der Waals surface area contributed by atoms with Crippen molar-refractivity contribution in [2.75, 3.05) is 5.32 Å². The van der Waals surface area contributed by atoms with Crippen molar-refractivity contribution in [3.63, 3.8) is 0 Å². The molecule has 6 heteroatoms. The van der Waals surface area contributed by atoms with E-state index in [1.54, 1.807) is 24.3 Å². The van der Waals surface area contributed by atoms with Crippen LogP contribution in [0.4, 0.5) is 10.1 Å². The molecule has 104 valence electrons. The van der Waals surface area contributed by atoms with Crippen LogP contribution in [0.1, 0.15) is 15.9 Å². The summed E-state index contributed by atoms with van der Waals surface area (Å²) in [4.78, 5) is 11.1. The van der Waals surface area contributed by atoms with Gasteiger partial charge in [0.05, 0.1) is 10.7 Å². The molecule has 0 aliphatic heterocycles. The van der Waals surface area contributed by atoms with E-state index in [4.69, 9.17) is 17.3 Å². The summed E-state index contributed by atoms with van der Waals surface area (Å²) in [5, 5.41) is 3.43. The first-order valence-corrected chi connectivity index (χ1v) is 6.91. The monoisotopic (exact) mass is 356 g/mol. The van der Waals surface area contributed by atoms with Crippen LogP contribution in [0, 0.1) is 5.82 Å². The fourth-order valence-corrected chi connectivity index (χ4v) is 2.28. The third-order valence-corrected chi connectivity index (χ3v) is 3.55. The molecule has 0 aliphatic rings. The second-order valence-electron chi connectivity index (χ2n) is 4.15. The zero-order chi connectivity index (χ0) is 14.7. The number of anilines is 1. The number of primary amides is 1. The maximum atomic E-state index is 13.6.